The highest BCUT2D eigenvalue weighted by Gasteiger charge is 2.11. The minimum Gasteiger partial charge on any atom is -0.585 e. The molecule has 0 aliphatic heterocycles. The lowest BCUT2D eigenvalue weighted by Crippen LogP contribution is -2.04. The van der Waals surface area contributed by atoms with Gasteiger partial charge >= 0.3 is 7.23 Å². The molecule has 3 nitrogen and oxygen atoms in total. The van der Waals surface area contributed by atoms with E-state index in [2.05, 4.69) is 0 Å². The summed E-state index contributed by atoms with van der Waals surface area (Å²) < 4.78 is 14.7. The van der Waals surface area contributed by atoms with E-state index in [1.54, 1.807) is 14.0 Å². The van der Waals surface area contributed by atoms with Crippen molar-refractivity contribution in [3.05, 3.63) is 0 Å². The Labute approximate surface area is 59.4 Å². The van der Waals surface area contributed by atoms with Gasteiger partial charge in [0.1, 0.15) is 11.4 Å². The molecule has 1 unspecified atom stereocenters. The monoisotopic (exact) mass is 168 g/mol. The first-order chi connectivity index (χ1) is 4.16. The quantitative estimate of drug-likeness (QED) is 0.582. The van der Waals surface area contributed by atoms with E-state index in [4.69, 9.17) is 4.74 Å². The molecule has 2 atom stereocenters. The van der Waals surface area contributed by atoms with Gasteiger partial charge in [-0.15, -0.1) is 0 Å². The van der Waals surface area contributed by atoms with Crippen LogP contribution in [0, 0.1) is 0 Å². The van der Waals surface area contributed by atoms with Gasteiger partial charge in [-0.3, -0.25) is 0 Å². The minimum absolute atomic E-state index is 0.0381. The predicted molar refractivity (Wildman–Crippen MR) is 36.5 cm³/mol. The molecule has 0 aromatic heterocycles. The average molecular weight is 168 g/mol. The van der Waals surface area contributed by atoms with E-state index in [-0.39, 0.29) is 5.25 Å². The lowest BCUT2D eigenvalue weighted by molar-refractivity contribution is -0.157. The highest BCUT2D eigenvalue weighted by Crippen LogP contribution is 2.32. The van der Waals surface area contributed by atoms with Gasteiger partial charge in [-0.1, -0.05) is 4.57 Å². The summed E-state index contributed by atoms with van der Waals surface area (Å²) in [7, 11) is -0.764. The van der Waals surface area contributed by atoms with Crippen LogP contribution < -0.4 is 4.89 Å². The number of ether oxygens (including phenoxy) is 1. The minimum atomic E-state index is -2.31. The molecule has 5 heteroatoms. The normalized spacial score (nSPS) is 15.2. The maximum atomic E-state index is 10.0. The molecular formula is C4H9O3PS. The van der Waals surface area contributed by atoms with Crippen LogP contribution >= 0.6 is 18.6 Å². The molecule has 0 N–H and O–H groups in total. The second-order valence-corrected chi connectivity index (χ2v) is 4.58. The zero-order chi connectivity index (χ0) is 7.28. The Kier molecular flexibility index (Phi) is 5.39. The highest BCUT2D eigenvalue weighted by atomic mass is 32.7. The average Bonchev–Trinajstić information content (AvgIpc) is 1.63. The summed E-state index contributed by atoms with van der Waals surface area (Å²) in [5.74, 6) is 0. The summed E-state index contributed by atoms with van der Waals surface area (Å²) in [6.45, 7) is 2.28. The van der Waals surface area contributed by atoms with Crippen LogP contribution in [-0.4, -0.2) is 19.0 Å². The molecule has 0 aromatic carbocycles. The summed E-state index contributed by atoms with van der Waals surface area (Å²) in [5.41, 5.74) is 0. The fourth-order valence-corrected chi connectivity index (χ4v) is 1.97. The molecule has 0 aromatic rings. The maximum Gasteiger partial charge on any atom is 0.384 e. The third-order valence-corrected chi connectivity index (χ3v) is 2.93. The third-order valence-electron chi connectivity index (χ3n) is 0.667. The molecule has 54 valence electrons. The zero-order valence-electron chi connectivity index (χ0n) is 5.36. The Hall–Kier alpha value is 0.370. The van der Waals surface area contributed by atoms with E-state index in [1.165, 1.54) is 0 Å². The topological polar surface area (TPSA) is 49.4 Å². The second-order valence-electron chi connectivity index (χ2n) is 1.59. The largest absolute Gasteiger partial charge is 0.585 e. The van der Waals surface area contributed by atoms with E-state index in [9.17, 15) is 9.46 Å². The van der Waals surface area contributed by atoms with Crippen LogP contribution in [0.2, 0.25) is 0 Å². The Balaban J connectivity index is 3.26. The van der Waals surface area contributed by atoms with Crippen LogP contribution in [0.4, 0.5) is 0 Å². The van der Waals surface area contributed by atoms with E-state index in [0.29, 0.717) is 6.61 Å². The van der Waals surface area contributed by atoms with E-state index < -0.39 is 7.23 Å². The van der Waals surface area contributed by atoms with Crippen LogP contribution in [0.3, 0.4) is 0 Å². The highest BCUT2D eigenvalue weighted by molar-refractivity contribution is 8.49. The second kappa shape index (κ2) is 5.18. The predicted octanol–water partition coefficient (Wildman–Crippen LogP) is 0.772. The fourth-order valence-electron chi connectivity index (χ4n) is 0.412. The SMILES string of the molecule is COC[C@@H](C)S[P+](=O)[O-]. The van der Waals surface area contributed by atoms with Crippen molar-refractivity contribution in [3.63, 3.8) is 0 Å². The molecule has 9 heavy (non-hydrogen) atoms. The van der Waals surface area contributed by atoms with Gasteiger partial charge in [-0.2, -0.15) is 0 Å². The summed E-state index contributed by atoms with van der Waals surface area (Å²) >= 11 is 0.908. The first kappa shape index (κ1) is 9.37. The van der Waals surface area contributed by atoms with Crippen molar-refractivity contribution in [1.29, 1.82) is 0 Å². The summed E-state index contributed by atoms with van der Waals surface area (Å²) in [5, 5.41) is 0.0381. The number of hydrogen-bond donors (Lipinski definition) is 0. The first-order valence-corrected chi connectivity index (χ1v) is 5.13. The molecule has 0 saturated carbocycles. The van der Waals surface area contributed by atoms with Gasteiger partial charge in [0.15, 0.2) is 0 Å². The Morgan fingerprint density at radius 1 is 1.89 bits per heavy atom. The van der Waals surface area contributed by atoms with Crippen molar-refractivity contribution in [2.75, 3.05) is 13.7 Å². The molecule has 0 aliphatic carbocycles. The van der Waals surface area contributed by atoms with E-state index in [1.807, 2.05) is 0 Å². The van der Waals surface area contributed by atoms with Crippen molar-refractivity contribution >= 4 is 18.6 Å². The fraction of sp³-hybridized carbons (Fsp3) is 1.00. The van der Waals surface area contributed by atoms with Gasteiger partial charge < -0.3 is 9.63 Å². The van der Waals surface area contributed by atoms with Crippen molar-refractivity contribution < 1.29 is 14.2 Å². The van der Waals surface area contributed by atoms with Gasteiger partial charge in [0.25, 0.3) is 0 Å². The van der Waals surface area contributed by atoms with Crippen LogP contribution in [-0.2, 0) is 9.30 Å². The molecule has 0 amide bonds. The van der Waals surface area contributed by atoms with Crippen LogP contribution in [0.15, 0.2) is 0 Å². The van der Waals surface area contributed by atoms with Gasteiger partial charge in [0.05, 0.1) is 11.9 Å². The first-order valence-electron chi connectivity index (χ1n) is 2.47. The number of hydrogen-bond acceptors (Lipinski definition) is 4. The van der Waals surface area contributed by atoms with Crippen molar-refractivity contribution in [3.8, 4) is 0 Å². The van der Waals surface area contributed by atoms with E-state index >= 15 is 0 Å². The lowest BCUT2D eigenvalue weighted by atomic mass is 10.5. The van der Waals surface area contributed by atoms with Gasteiger partial charge in [-0.05, 0) is 6.92 Å². The molecule has 0 fully saturated rings. The molecule has 0 spiro atoms. The van der Waals surface area contributed by atoms with Crippen molar-refractivity contribution in [2.24, 2.45) is 0 Å². The molecular weight excluding hydrogens is 159 g/mol. The van der Waals surface area contributed by atoms with Crippen molar-refractivity contribution in [1.82, 2.24) is 0 Å². The summed E-state index contributed by atoms with van der Waals surface area (Å²) in [6.07, 6.45) is 0. The zero-order valence-corrected chi connectivity index (χ0v) is 7.08. The molecule has 0 heterocycles. The summed E-state index contributed by atoms with van der Waals surface area (Å²) in [4.78, 5) is 10.0. The third kappa shape index (κ3) is 6.25. The maximum absolute atomic E-state index is 10.0. The van der Waals surface area contributed by atoms with Crippen LogP contribution in [0.1, 0.15) is 6.92 Å². The van der Waals surface area contributed by atoms with Gasteiger partial charge in [0.2, 0.25) is 0 Å². The molecule has 0 aliphatic rings. The molecule has 0 saturated heterocycles. The molecule has 0 rings (SSSR count). The number of rotatable bonds is 4. The van der Waals surface area contributed by atoms with Crippen LogP contribution in [0.5, 0.6) is 0 Å². The standard InChI is InChI=1S/C4H9O3PS/c1-4(3-7-2)9-8(5)6/h4H,3H2,1-2H3/t4-/m1/s1. The molecule has 0 bridgehead atoms. The Bertz CT molecular complexity index is 97.8. The number of methoxy groups -OCH3 is 1. The molecule has 0 radical (unpaired) electrons. The van der Waals surface area contributed by atoms with Crippen LogP contribution in [0.25, 0.3) is 0 Å². The lowest BCUT2D eigenvalue weighted by Gasteiger charge is -2.00. The smallest absolute Gasteiger partial charge is 0.384 e. The Morgan fingerprint density at radius 2 is 2.44 bits per heavy atom. The van der Waals surface area contributed by atoms with Gasteiger partial charge in [-0.25, -0.2) is 0 Å². The van der Waals surface area contributed by atoms with E-state index in [0.717, 1.165) is 11.4 Å². The van der Waals surface area contributed by atoms with Crippen molar-refractivity contribution in [2.45, 2.75) is 12.2 Å². The summed E-state index contributed by atoms with van der Waals surface area (Å²) in [6, 6.07) is 0. The van der Waals surface area contributed by atoms with Gasteiger partial charge in [0, 0.05) is 7.11 Å². The Morgan fingerprint density at radius 3 is 2.78 bits per heavy atom.